The average Bonchev–Trinajstić information content (AvgIpc) is 3.17. The molecule has 0 bridgehead atoms. The van der Waals surface area contributed by atoms with Crippen LogP contribution in [0.3, 0.4) is 0 Å². The molecular formula is C26H38N2O8. The zero-order valence-corrected chi connectivity index (χ0v) is 21.9. The summed E-state index contributed by atoms with van der Waals surface area (Å²) in [6.45, 7) is 10.3. The molecular weight excluding hydrogens is 468 g/mol. The first-order chi connectivity index (χ1) is 16.7. The first-order valence-corrected chi connectivity index (χ1v) is 12.1. The van der Waals surface area contributed by atoms with Crippen molar-refractivity contribution in [2.24, 2.45) is 0 Å². The third-order valence-corrected chi connectivity index (χ3v) is 5.37. The van der Waals surface area contributed by atoms with E-state index in [2.05, 4.69) is 5.32 Å². The number of carbonyl (C=O) groups excluding carboxylic acids is 3. The molecule has 2 N–H and O–H groups in total. The Balaban J connectivity index is 2.12. The van der Waals surface area contributed by atoms with Gasteiger partial charge in [0.25, 0.3) is 0 Å². The molecule has 1 saturated heterocycles. The smallest absolute Gasteiger partial charge is 0.411 e. The highest BCUT2D eigenvalue weighted by atomic mass is 16.6. The molecule has 0 radical (unpaired) electrons. The van der Waals surface area contributed by atoms with E-state index in [9.17, 15) is 24.3 Å². The number of aliphatic carboxylic acids is 1. The minimum Gasteiger partial charge on any atom is -0.480 e. The van der Waals surface area contributed by atoms with Gasteiger partial charge in [-0.15, -0.1) is 0 Å². The quantitative estimate of drug-likeness (QED) is 0.395. The van der Waals surface area contributed by atoms with Crippen LogP contribution in [-0.4, -0.2) is 63.5 Å². The minimum absolute atomic E-state index is 0.0296. The fourth-order valence-electron chi connectivity index (χ4n) is 3.90. The van der Waals surface area contributed by atoms with Crippen molar-refractivity contribution in [2.45, 2.75) is 103 Å². The summed E-state index contributed by atoms with van der Waals surface area (Å²) in [5.74, 6) is -1.76. The van der Waals surface area contributed by atoms with Gasteiger partial charge in [0, 0.05) is 6.04 Å². The van der Waals surface area contributed by atoms with Gasteiger partial charge in [-0.1, -0.05) is 30.3 Å². The number of ether oxygens (including phenoxy) is 3. The van der Waals surface area contributed by atoms with E-state index in [1.54, 1.807) is 41.5 Å². The van der Waals surface area contributed by atoms with Crippen LogP contribution in [0.15, 0.2) is 30.3 Å². The summed E-state index contributed by atoms with van der Waals surface area (Å²) in [6.07, 6.45) is -0.438. The van der Waals surface area contributed by atoms with Crippen LogP contribution in [0.25, 0.3) is 0 Å². The van der Waals surface area contributed by atoms with E-state index in [0.29, 0.717) is 12.8 Å². The number of carboxylic acids is 1. The number of nitrogens with one attached hydrogen (secondary N) is 1. The topological polar surface area (TPSA) is 131 Å². The molecule has 1 fully saturated rings. The summed E-state index contributed by atoms with van der Waals surface area (Å²) in [7, 11) is 0. The highest BCUT2D eigenvalue weighted by Gasteiger charge is 2.44. The summed E-state index contributed by atoms with van der Waals surface area (Å²) in [4.78, 5) is 51.2. The molecule has 1 aromatic rings. The van der Waals surface area contributed by atoms with Gasteiger partial charge in [0.15, 0.2) is 0 Å². The van der Waals surface area contributed by atoms with Crippen LogP contribution >= 0.6 is 0 Å². The number of esters is 1. The van der Waals surface area contributed by atoms with Gasteiger partial charge in [-0.05, 0) is 72.8 Å². The summed E-state index contributed by atoms with van der Waals surface area (Å²) >= 11 is 0. The molecule has 0 aromatic heterocycles. The Labute approximate surface area is 212 Å². The van der Waals surface area contributed by atoms with Crippen molar-refractivity contribution >= 4 is 24.1 Å². The van der Waals surface area contributed by atoms with Crippen molar-refractivity contribution in [3.8, 4) is 0 Å². The summed E-state index contributed by atoms with van der Waals surface area (Å²) in [5, 5.41) is 12.0. The van der Waals surface area contributed by atoms with Crippen molar-refractivity contribution < 1.29 is 38.5 Å². The average molecular weight is 507 g/mol. The molecule has 10 heteroatoms. The van der Waals surface area contributed by atoms with Crippen LogP contribution in [0, 0.1) is 0 Å². The van der Waals surface area contributed by atoms with Crippen molar-refractivity contribution in [2.75, 3.05) is 0 Å². The highest BCUT2D eigenvalue weighted by Crippen LogP contribution is 2.30. The lowest BCUT2D eigenvalue weighted by atomic mass is 10.0. The maximum atomic E-state index is 13.1. The Morgan fingerprint density at radius 2 is 1.61 bits per heavy atom. The molecule has 1 aliphatic heterocycles. The predicted octanol–water partition coefficient (Wildman–Crippen LogP) is 4.26. The summed E-state index contributed by atoms with van der Waals surface area (Å²) in [5.41, 5.74) is -0.720. The van der Waals surface area contributed by atoms with Crippen LogP contribution in [0.5, 0.6) is 0 Å². The number of amides is 2. The largest absolute Gasteiger partial charge is 0.480 e. The van der Waals surface area contributed by atoms with Gasteiger partial charge in [-0.25, -0.2) is 19.2 Å². The molecule has 200 valence electrons. The number of alkyl carbamates (subject to hydrolysis) is 1. The lowest BCUT2D eigenvalue weighted by Gasteiger charge is -2.31. The standard InChI is InChI=1S/C26H38N2O8/c1-25(2,3)35-22(31)20-15-13-18(28(20)24(33)34-16-17-10-8-7-9-11-17)12-14-19(21(29)30)27-23(32)36-26(4,5)6/h7-11,18-20H,12-16H2,1-6H3,(H,27,32)(H,29,30)/t18-,19?,20-/m0/s1. The number of benzene rings is 1. The zero-order valence-electron chi connectivity index (χ0n) is 21.9. The van der Waals surface area contributed by atoms with Crippen LogP contribution < -0.4 is 5.32 Å². The van der Waals surface area contributed by atoms with Gasteiger partial charge in [0.1, 0.15) is 29.9 Å². The predicted molar refractivity (Wildman–Crippen MR) is 131 cm³/mol. The van der Waals surface area contributed by atoms with Crippen molar-refractivity contribution in [3.63, 3.8) is 0 Å². The second kappa shape index (κ2) is 12.1. The molecule has 36 heavy (non-hydrogen) atoms. The Morgan fingerprint density at radius 1 is 1.00 bits per heavy atom. The van der Waals surface area contributed by atoms with Crippen LogP contribution in [0.4, 0.5) is 9.59 Å². The van der Waals surface area contributed by atoms with Gasteiger partial charge in [0.05, 0.1) is 0 Å². The van der Waals surface area contributed by atoms with E-state index >= 15 is 0 Å². The Morgan fingerprint density at radius 3 is 2.17 bits per heavy atom. The second-order valence-electron chi connectivity index (χ2n) is 10.8. The third-order valence-electron chi connectivity index (χ3n) is 5.37. The molecule has 2 rings (SSSR count). The van der Waals surface area contributed by atoms with E-state index in [-0.39, 0.29) is 19.4 Å². The number of rotatable bonds is 8. The number of hydrogen-bond donors (Lipinski definition) is 2. The molecule has 10 nitrogen and oxygen atoms in total. The molecule has 0 aliphatic carbocycles. The van der Waals surface area contributed by atoms with Crippen molar-refractivity contribution in [1.82, 2.24) is 10.2 Å². The lowest BCUT2D eigenvalue weighted by molar-refractivity contribution is -0.160. The first-order valence-electron chi connectivity index (χ1n) is 12.1. The molecule has 1 aliphatic rings. The van der Waals surface area contributed by atoms with E-state index in [1.807, 2.05) is 30.3 Å². The van der Waals surface area contributed by atoms with E-state index in [0.717, 1.165) is 5.56 Å². The fourth-order valence-corrected chi connectivity index (χ4v) is 3.90. The summed E-state index contributed by atoms with van der Waals surface area (Å²) < 4.78 is 16.2. The Hall–Kier alpha value is -3.30. The van der Waals surface area contributed by atoms with Crippen molar-refractivity contribution in [3.05, 3.63) is 35.9 Å². The number of carboxylic acid groups (broad SMARTS) is 1. The van der Waals surface area contributed by atoms with Crippen LogP contribution in [0.1, 0.15) is 72.8 Å². The van der Waals surface area contributed by atoms with Gasteiger partial charge in [-0.2, -0.15) is 0 Å². The van der Waals surface area contributed by atoms with Gasteiger partial charge in [0.2, 0.25) is 0 Å². The van der Waals surface area contributed by atoms with Gasteiger partial charge in [-0.3, -0.25) is 4.90 Å². The third kappa shape index (κ3) is 9.39. The fraction of sp³-hybridized carbons (Fsp3) is 0.615. The van der Waals surface area contributed by atoms with Crippen molar-refractivity contribution in [1.29, 1.82) is 0 Å². The molecule has 0 spiro atoms. The lowest BCUT2D eigenvalue weighted by Crippen LogP contribution is -2.48. The summed E-state index contributed by atoms with van der Waals surface area (Å²) in [6, 6.07) is 6.62. The molecule has 0 saturated carbocycles. The first kappa shape index (κ1) is 28.9. The molecule has 1 aromatic carbocycles. The number of hydrogen-bond acceptors (Lipinski definition) is 7. The SMILES string of the molecule is CC(C)(C)OC(=O)NC(CC[C@H]1CC[C@@H](C(=O)OC(C)(C)C)N1C(=O)OCc1ccccc1)C(=O)O. The molecule has 3 atom stereocenters. The maximum Gasteiger partial charge on any atom is 0.411 e. The van der Waals surface area contributed by atoms with Gasteiger partial charge < -0.3 is 24.6 Å². The zero-order chi connectivity index (χ0) is 27.1. The van der Waals surface area contributed by atoms with Crippen LogP contribution in [-0.2, 0) is 30.4 Å². The van der Waals surface area contributed by atoms with Gasteiger partial charge >= 0.3 is 24.1 Å². The normalized spacial score (nSPS) is 18.8. The Bertz CT molecular complexity index is 920. The molecule has 2 amide bonds. The molecule has 1 heterocycles. The van der Waals surface area contributed by atoms with E-state index in [4.69, 9.17) is 14.2 Å². The number of likely N-dealkylation sites (tertiary alicyclic amines) is 1. The van der Waals surface area contributed by atoms with E-state index in [1.165, 1.54) is 4.90 Å². The van der Waals surface area contributed by atoms with Crippen LogP contribution in [0.2, 0.25) is 0 Å². The minimum atomic E-state index is -1.22. The monoisotopic (exact) mass is 506 g/mol. The molecule has 1 unspecified atom stereocenters. The number of nitrogens with zero attached hydrogens (tertiary/aromatic N) is 1. The number of carbonyl (C=O) groups is 4. The second-order valence-corrected chi connectivity index (χ2v) is 10.8. The Kier molecular flexibility index (Phi) is 9.72. The highest BCUT2D eigenvalue weighted by molar-refractivity contribution is 5.83. The maximum absolute atomic E-state index is 13.1. The van der Waals surface area contributed by atoms with E-state index < -0.39 is 53.5 Å².